The largest absolute Gasteiger partial charge is 0.453 e. The van der Waals surface area contributed by atoms with Crippen molar-refractivity contribution in [1.29, 1.82) is 0 Å². The van der Waals surface area contributed by atoms with Gasteiger partial charge in [-0.25, -0.2) is 9.78 Å². The molecule has 3 rings (SSSR count). The Morgan fingerprint density at radius 1 is 1.17 bits per heavy atom. The fourth-order valence-electron chi connectivity index (χ4n) is 1.85. The van der Waals surface area contributed by atoms with Crippen molar-refractivity contribution in [3.05, 3.63) is 46.2 Å². The Hall–Kier alpha value is -2.78. The van der Waals surface area contributed by atoms with Crippen LogP contribution in [0.4, 0.5) is 11.9 Å². The Labute approximate surface area is 145 Å². The van der Waals surface area contributed by atoms with E-state index in [1.165, 1.54) is 11.3 Å². The Morgan fingerprint density at radius 3 is 2.62 bits per heavy atom. The van der Waals surface area contributed by atoms with Crippen LogP contribution >= 0.6 is 22.9 Å². The number of esters is 1. The van der Waals surface area contributed by atoms with Crippen LogP contribution in [0, 0.1) is 0 Å². The van der Waals surface area contributed by atoms with Crippen LogP contribution in [0.2, 0.25) is 5.02 Å². The summed E-state index contributed by atoms with van der Waals surface area (Å²) in [5.74, 6) is -0.508. The number of rotatable bonds is 4. The third-order valence-electron chi connectivity index (χ3n) is 2.83. The lowest BCUT2D eigenvalue weighted by atomic mass is 10.2. The van der Waals surface area contributed by atoms with Crippen LogP contribution < -0.4 is 11.5 Å². The highest BCUT2D eigenvalue weighted by molar-refractivity contribution is 7.13. The van der Waals surface area contributed by atoms with Crippen LogP contribution in [0.15, 0.2) is 29.6 Å². The van der Waals surface area contributed by atoms with Gasteiger partial charge in [0.1, 0.15) is 5.01 Å². The molecule has 2 heterocycles. The first-order chi connectivity index (χ1) is 11.5. The maximum Gasteiger partial charge on any atom is 0.358 e. The van der Waals surface area contributed by atoms with Crippen LogP contribution in [-0.2, 0) is 11.3 Å². The van der Waals surface area contributed by atoms with Crippen LogP contribution in [0.5, 0.6) is 0 Å². The molecule has 0 bridgehead atoms. The number of nitrogens with zero attached hydrogens (tertiary/aromatic N) is 4. The molecule has 8 nitrogen and oxygen atoms in total. The fourth-order valence-corrected chi connectivity index (χ4v) is 2.82. The van der Waals surface area contributed by atoms with Gasteiger partial charge in [-0.15, -0.1) is 11.3 Å². The monoisotopic (exact) mass is 362 g/mol. The highest BCUT2D eigenvalue weighted by Gasteiger charge is 2.14. The Kier molecular flexibility index (Phi) is 4.54. The first-order valence-electron chi connectivity index (χ1n) is 6.66. The number of hydrogen-bond donors (Lipinski definition) is 2. The van der Waals surface area contributed by atoms with Crippen LogP contribution in [0.3, 0.4) is 0 Å². The lowest BCUT2D eigenvalue weighted by Crippen LogP contribution is -2.11. The third kappa shape index (κ3) is 3.76. The zero-order chi connectivity index (χ0) is 17.1. The number of ether oxygens (including phenoxy) is 1. The number of hydrogen-bond acceptors (Lipinski definition) is 9. The average molecular weight is 363 g/mol. The number of anilines is 2. The smallest absolute Gasteiger partial charge is 0.358 e. The van der Waals surface area contributed by atoms with E-state index in [-0.39, 0.29) is 30.0 Å². The molecule has 0 saturated carbocycles. The van der Waals surface area contributed by atoms with Crippen molar-refractivity contribution >= 4 is 40.8 Å². The Morgan fingerprint density at radius 2 is 1.92 bits per heavy atom. The Bertz CT molecular complexity index is 880. The second kappa shape index (κ2) is 6.77. The molecule has 0 amide bonds. The molecular formula is C14H11ClN6O2S. The molecule has 0 saturated heterocycles. The lowest BCUT2D eigenvalue weighted by molar-refractivity contribution is 0.0456. The summed E-state index contributed by atoms with van der Waals surface area (Å²) in [5.41, 5.74) is 11.9. The van der Waals surface area contributed by atoms with Crippen molar-refractivity contribution in [2.24, 2.45) is 0 Å². The van der Waals surface area contributed by atoms with E-state index in [0.29, 0.717) is 10.0 Å². The molecule has 0 radical (unpaired) electrons. The van der Waals surface area contributed by atoms with Gasteiger partial charge < -0.3 is 16.2 Å². The minimum atomic E-state index is -0.600. The molecule has 1 aromatic carbocycles. The summed E-state index contributed by atoms with van der Waals surface area (Å²) in [5, 5.41) is 2.87. The molecule has 0 aliphatic carbocycles. The predicted molar refractivity (Wildman–Crippen MR) is 90.3 cm³/mol. The predicted octanol–water partition coefficient (Wildman–Crippen LogP) is 2.17. The lowest BCUT2D eigenvalue weighted by Gasteiger charge is -2.03. The minimum absolute atomic E-state index is 0.0366. The first-order valence-corrected chi connectivity index (χ1v) is 7.91. The van der Waals surface area contributed by atoms with Crippen LogP contribution in [-0.4, -0.2) is 25.9 Å². The molecule has 0 spiro atoms. The second-order valence-corrected chi connectivity index (χ2v) is 5.89. The van der Waals surface area contributed by atoms with Crippen molar-refractivity contribution in [2.75, 3.05) is 11.5 Å². The van der Waals surface area contributed by atoms with Gasteiger partial charge in [0.05, 0.1) is 0 Å². The highest BCUT2D eigenvalue weighted by atomic mass is 35.5. The maximum absolute atomic E-state index is 12.1. The SMILES string of the molecule is Nc1nc(N)nc(COC(=O)c2csc(-c3cccc(Cl)c3)n2)n1. The molecule has 0 aliphatic rings. The van der Waals surface area contributed by atoms with E-state index < -0.39 is 5.97 Å². The Balaban J connectivity index is 1.70. The summed E-state index contributed by atoms with van der Waals surface area (Å²) in [7, 11) is 0. The van der Waals surface area contributed by atoms with Crippen molar-refractivity contribution in [1.82, 2.24) is 19.9 Å². The molecule has 0 unspecified atom stereocenters. The molecule has 0 atom stereocenters. The van der Waals surface area contributed by atoms with Crippen LogP contribution in [0.1, 0.15) is 16.3 Å². The van der Waals surface area contributed by atoms with Gasteiger partial charge >= 0.3 is 5.97 Å². The summed E-state index contributed by atoms with van der Waals surface area (Å²) in [6.07, 6.45) is 0. The summed E-state index contributed by atoms with van der Waals surface area (Å²) < 4.78 is 5.11. The van der Waals surface area contributed by atoms with E-state index in [2.05, 4.69) is 19.9 Å². The number of nitrogens with two attached hydrogens (primary N) is 2. The molecule has 0 fully saturated rings. The summed E-state index contributed by atoms with van der Waals surface area (Å²) in [6.45, 7) is -0.181. The van der Waals surface area contributed by atoms with E-state index in [0.717, 1.165) is 5.56 Å². The molecule has 4 N–H and O–H groups in total. The summed E-state index contributed by atoms with van der Waals surface area (Å²) in [4.78, 5) is 27.6. The molecule has 24 heavy (non-hydrogen) atoms. The zero-order valence-corrected chi connectivity index (χ0v) is 13.7. The number of halogens is 1. The van der Waals surface area contributed by atoms with Gasteiger partial charge in [0.2, 0.25) is 11.9 Å². The highest BCUT2D eigenvalue weighted by Crippen LogP contribution is 2.26. The van der Waals surface area contributed by atoms with E-state index >= 15 is 0 Å². The van der Waals surface area contributed by atoms with E-state index in [9.17, 15) is 4.79 Å². The fraction of sp³-hybridized carbons (Fsp3) is 0.0714. The van der Waals surface area contributed by atoms with Crippen molar-refractivity contribution < 1.29 is 9.53 Å². The van der Waals surface area contributed by atoms with Gasteiger partial charge in [-0.3, -0.25) is 0 Å². The van der Waals surface area contributed by atoms with E-state index in [4.69, 9.17) is 27.8 Å². The van der Waals surface area contributed by atoms with Gasteiger partial charge in [0.25, 0.3) is 0 Å². The maximum atomic E-state index is 12.1. The summed E-state index contributed by atoms with van der Waals surface area (Å²) >= 11 is 7.27. The first kappa shape index (κ1) is 16.1. The van der Waals surface area contributed by atoms with Crippen molar-refractivity contribution in [3.63, 3.8) is 0 Å². The summed E-state index contributed by atoms with van der Waals surface area (Å²) in [6, 6.07) is 7.20. The molecule has 122 valence electrons. The number of aromatic nitrogens is 4. The molecule has 3 aromatic rings. The average Bonchev–Trinajstić information content (AvgIpc) is 3.02. The number of carbonyl (C=O) groups is 1. The molecule has 10 heteroatoms. The number of nitrogen functional groups attached to an aromatic ring is 2. The molecule has 2 aromatic heterocycles. The molecule has 0 aliphatic heterocycles. The number of carbonyl (C=O) groups excluding carboxylic acids is 1. The van der Waals surface area contributed by atoms with Crippen molar-refractivity contribution in [2.45, 2.75) is 6.61 Å². The van der Waals surface area contributed by atoms with E-state index in [1.807, 2.05) is 12.1 Å². The van der Waals surface area contributed by atoms with Gasteiger partial charge in [0, 0.05) is 16.0 Å². The van der Waals surface area contributed by atoms with Gasteiger partial charge in [-0.2, -0.15) is 15.0 Å². The number of thiazole rings is 1. The standard InChI is InChI=1S/C14H11ClN6O2S/c15-8-3-1-2-7(4-8)11-18-9(6-24-11)12(22)23-5-10-19-13(16)21-14(17)20-10/h1-4,6H,5H2,(H4,16,17,19,20,21). The van der Waals surface area contributed by atoms with Crippen molar-refractivity contribution in [3.8, 4) is 10.6 Å². The van der Waals surface area contributed by atoms with Gasteiger partial charge in [-0.1, -0.05) is 23.7 Å². The quantitative estimate of drug-likeness (QED) is 0.675. The second-order valence-electron chi connectivity index (χ2n) is 4.59. The number of benzene rings is 1. The third-order valence-corrected chi connectivity index (χ3v) is 3.96. The normalized spacial score (nSPS) is 10.5. The van der Waals surface area contributed by atoms with Crippen LogP contribution in [0.25, 0.3) is 10.6 Å². The minimum Gasteiger partial charge on any atom is -0.453 e. The topological polar surface area (TPSA) is 130 Å². The van der Waals surface area contributed by atoms with Gasteiger partial charge in [-0.05, 0) is 12.1 Å². The zero-order valence-electron chi connectivity index (χ0n) is 12.1. The van der Waals surface area contributed by atoms with Gasteiger partial charge in [0.15, 0.2) is 18.1 Å². The van der Waals surface area contributed by atoms with E-state index in [1.54, 1.807) is 17.5 Å². The molecular weight excluding hydrogens is 352 g/mol.